The Bertz CT molecular complexity index is 773. The second-order valence-electron chi connectivity index (χ2n) is 9.84. The first-order valence-corrected chi connectivity index (χ1v) is 12.6. The van der Waals surface area contributed by atoms with Crippen LogP contribution in [0.3, 0.4) is 0 Å². The van der Waals surface area contributed by atoms with Crippen molar-refractivity contribution in [2.24, 2.45) is 17.8 Å². The largest absolute Gasteiger partial charge is 0.481 e. The molecule has 2 fully saturated rings. The Morgan fingerprint density at radius 3 is 2.26 bits per heavy atom. The van der Waals surface area contributed by atoms with Gasteiger partial charge in [0, 0.05) is 35.9 Å². The van der Waals surface area contributed by atoms with Crippen molar-refractivity contribution >= 4 is 17.5 Å². The molecule has 8 heteroatoms. The molecule has 2 N–H and O–H groups in total. The molecule has 2 aliphatic heterocycles. The fraction of sp³-hybridized carbons (Fsp3) is 0.808. The highest BCUT2D eigenvalue weighted by molar-refractivity contribution is 6.14. The maximum atomic E-state index is 13.3. The summed E-state index contributed by atoms with van der Waals surface area (Å²) < 4.78 is 11.9. The second kappa shape index (κ2) is 12.4. The molecule has 194 valence electrons. The van der Waals surface area contributed by atoms with Gasteiger partial charge in [-0.05, 0) is 60.0 Å². The molecule has 0 bridgehead atoms. The fourth-order valence-corrected chi connectivity index (χ4v) is 5.93. The van der Waals surface area contributed by atoms with Crippen LogP contribution in [0.15, 0.2) is 11.1 Å². The van der Waals surface area contributed by atoms with Gasteiger partial charge in [0.05, 0.1) is 36.9 Å². The minimum atomic E-state index is -0.837. The summed E-state index contributed by atoms with van der Waals surface area (Å²) in [6, 6.07) is 0.406. The van der Waals surface area contributed by atoms with E-state index in [4.69, 9.17) is 19.4 Å². The van der Waals surface area contributed by atoms with E-state index in [2.05, 4.69) is 25.9 Å². The zero-order valence-corrected chi connectivity index (χ0v) is 21.7. The predicted molar refractivity (Wildman–Crippen MR) is 128 cm³/mol. The van der Waals surface area contributed by atoms with E-state index in [1.54, 1.807) is 0 Å². The fourth-order valence-electron chi connectivity index (χ4n) is 5.93. The number of aliphatic carboxylic acids is 1. The van der Waals surface area contributed by atoms with Crippen LogP contribution in [-0.2, 0) is 23.9 Å². The number of aliphatic hydroxyl groups excluding tert-OH is 1. The number of carboxylic acids is 1. The van der Waals surface area contributed by atoms with Crippen molar-refractivity contribution in [3.63, 3.8) is 0 Å². The highest BCUT2D eigenvalue weighted by atomic mass is 16.5. The van der Waals surface area contributed by atoms with Gasteiger partial charge in [0.1, 0.15) is 0 Å². The average molecular weight is 482 g/mol. The molecule has 0 radical (unpaired) electrons. The van der Waals surface area contributed by atoms with Gasteiger partial charge >= 0.3 is 0 Å². The number of ketones is 2. The summed E-state index contributed by atoms with van der Waals surface area (Å²) in [4.78, 5) is 37.6. The van der Waals surface area contributed by atoms with Gasteiger partial charge in [-0.15, -0.1) is 0 Å². The maximum absolute atomic E-state index is 13.3. The third-order valence-electron chi connectivity index (χ3n) is 7.43. The average Bonchev–Trinajstić information content (AvgIpc) is 2.77. The van der Waals surface area contributed by atoms with Crippen LogP contribution in [0, 0.1) is 17.8 Å². The van der Waals surface area contributed by atoms with E-state index in [9.17, 15) is 14.7 Å². The minimum absolute atomic E-state index is 0.0661. The third kappa shape index (κ3) is 6.14. The molecule has 1 saturated carbocycles. The normalized spacial score (nSPS) is 37.6. The van der Waals surface area contributed by atoms with Gasteiger partial charge in [-0.3, -0.25) is 14.4 Å². The molecular formula is C26H43NO7. The van der Waals surface area contributed by atoms with Crippen LogP contribution in [0.5, 0.6) is 0 Å². The molecule has 0 spiro atoms. The number of carbonyl (C=O) groups is 3. The topological polar surface area (TPSA) is 113 Å². The van der Waals surface area contributed by atoms with Gasteiger partial charge in [0.15, 0.2) is 11.6 Å². The molecule has 7 unspecified atom stereocenters. The molecule has 0 aromatic carbocycles. The van der Waals surface area contributed by atoms with Crippen molar-refractivity contribution in [3.8, 4) is 0 Å². The Morgan fingerprint density at radius 1 is 1.06 bits per heavy atom. The smallest absolute Gasteiger partial charge is 0.300 e. The van der Waals surface area contributed by atoms with E-state index in [0.29, 0.717) is 36.6 Å². The molecule has 0 amide bonds. The summed E-state index contributed by atoms with van der Waals surface area (Å²) in [5, 5.41) is 18.7. The van der Waals surface area contributed by atoms with E-state index in [1.165, 1.54) is 0 Å². The van der Waals surface area contributed by atoms with Crippen molar-refractivity contribution < 1.29 is 34.1 Å². The zero-order chi connectivity index (χ0) is 25.7. The number of hydrogen-bond donors (Lipinski definition) is 2. The van der Waals surface area contributed by atoms with Gasteiger partial charge < -0.3 is 24.6 Å². The van der Waals surface area contributed by atoms with Crippen LogP contribution < -0.4 is 0 Å². The van der Waals surface area contributed by atoms with Crippen LogP contribution in [0.25, 0.3) is 0 Å². The summed E-state index contributed by atoms with van der Waals surface area (Å²) in [7, 11) is 4.16. The van der Waals surface area contributed by atoms with Crippen LogP contribution in [-0.4, -0.2) is 83.8 Å². The lowest BCUT2D eigenvalue weighted by molar-refractivity contribution is -0.158. The highest BCUT2D eigenvalue weighted by Gasteiger charge is 2.54. The Morgan fingerprint density at radius 2 is 1.68 bits per heavy atom. The molecule has 0 aromatic rings. The third-order valence-corrected chi connectivity index (χ3v) is 7.43. The number of carbonyl (C=O) groups excluding carboxylic acids is 2. The lowest BCUT2D eigenvalue weighted by Crippen LogP contribution is -2.56. The number of ether oxygens (including phenoxy) is 2. The standard InChI is InChI=1S/C22H33NO5.C2H4O2.C2H6/c1-11-9-13(23(3)4)10-17(28-11)14-5-6-15-19(21(14)25)22(26)18-12(2)27-8-7-16(18)20(15)24;1-2(3)4;1-2/h11-15,17,19,21,25H,5-10H2,1-4H3;1H3,(H,3,4);1-2H3/t11?,12?,13-,14?,15?,17?,19?,21?;;/m0../s1. The summed E-state index contributed by atoms with van der Waals surface area (Å²) >= 11 is 0. The predicted octanol–water partition coefficient (Wildman–Crippen LogP) is 2.86. The molecule has 1 saturated heterocycles. The van der Waals surface area contributed by atoms with E-state index < -0.39 is 18.0 Å². The molecule has 2 heterocycles. The molecular weight excluding hydrogens is 438 g/mol. The van der Waals surface area contributed by atoms with Gasteiger partial charge in [-0.25, -0.2) is 0 Å². The number of nitrogens with zero attached hydrogens (tertiary/aromatic N) is 1. The quantitative estimate of drug-likeness (QED) is 0.619. The molecule has 34 heavy (non-hydrogen) atoms. The maximum Gasteiger partial charge on any atom is 0.300 e. The van der Waals surface area contributed by atoms with E-state index >= 15 is 0 Å². The molecule has 4 rings (SSSR count). The Kier molecular flexibility index (Phi) is 10.4. The first-order valence-electron chi connectivity index (χ1n) is 12.6. The van der Waals surface area contributed by atoms with Crippen molar-refractivity contribution in [3.05, 3.63) is 11.1 Å². The molecule has 8 atom stereocenters. The number of rotatable bonds is 2. The number of hydrogen-bond acceptors (Lipinski definition) is 7. The van der Waals surface area contributed by atoms with Crippen LogP contribution >= 0.6 is 0 Å². The lowest BCUT2D eigenvalue weighted by Gasteiger charge is -2.48. The van der Waals surface area contributed by atoms with Crippen LogP contribution in [0.1, 0.15) is 66.7 Å². The minimum Gasteiger partial charge on any atom is -0.481 e. The highest BCUT2D eigenvalue weighted by Crippen LogP contribution is 2.46. The van der Waals surface area contributed by atoms with Crippen molar-refractivity contribution in [2.45, 2.75) is 97.2 Å². The second-order valence-corrected chi connectivity index (χ2v) is 9.84. The van der Waals surface area contributed by atoms with Gasteiger partial charge in [0.25, 0.3) is 5.97 Å². The summed E-state index contributed by atoms with van der Waals surface area (Å²) in [6.07, 6.45) is 2.58. The number of fused-ring (bicyclic) bond motifs is 1. The lowest BCUT2D eigenvalue weighted by atomic mass is 9.60. The van der Waals surface area contributed by atoms with Crippen LogP contribution in [0.2, 0.25) is 0 Å². The summed E-state index contributed by atoms with van der Waals surface area (Å²) in [5.41, 5.74) is 1.17. The number of carboxylic acid groups (broad SMARTS) is 1. The van der Waals surface area contributed by atoms with Gasteiger partial charge in [0.2, 0.25) is 0 Å². The van der Waals surface area contributed by atoms with Crippen LogP contribution in [0.4, 0.5) is 0 Å². The van der Waals surface area contributed by atoms with Gasteiger partial charge in [-0.1, -0.05) is 13.8 Å². The first-order chi connectivity index (χ1) is 16.0. The van der Waals surface area contributed by atoms with E-state index in [0.717, 1.165) is 26.2 Å². The Hall–Kier alpha value is -1.61. The Labute approximate surface area is 203 Å². The van der Waals surface area contributed by atoms with Crippen molar-refractivity contribution in [2.75, 3.05) is 20.7 Å². The summed E-state index contributed by atoms with van der Waals surface area (Å²) in [5.74, 6) is -1.97. The van der Waals surface area contributed by atoms with E-state index in [-0.39, 0.29) is 41.7 Å². The summed E-state index contributed by atoms with van der Waals surface area (Å²) in [6.45, 7) is 9.48. The monoisotopic (exact) mass is 481 g/mol. The SMILES string of the molecule is CC.CC(=O)O.CC1C[C@H](N(C)C)CC(C2CCC3C(=O)C4=C(C(=O)C3C2O)C(C)OCC4)O1. The molecule has 4 aliphatic rings. The van der Waals surface area contributed by atoms with E-state index in [1.807, 2.05) is 20.8 Å². The number of Topliss-reactive ketones (excluding diaryl/α,β-unsaturated/α-hetero) is 2. The molecule has 0 aromatic heterocycles. The molecule has 8 nitrogen and oxygen atoms in total. The molecule has 2 aliphatic carbocycles. The van der Waals surface area contributed by atoms with Crippen molar-refractivity contribution in [1.29, 1.82) is 0 Å². The number of aliphatic hydroxyl groups is 1. The van der Waals surface area contributed by atoms with Gasteiger partial charge in [-0.2, -0.15) is 0 Å². The zero-order valence-electron chi connectivity index (χ0n) is 21.7. The Balaban J connectivity index is 0.000000618. The van der Waals surface area contributed by atoms with Crippen molar-refractivity contribution in [1.82, 2.24) is 4.90 Å². The first kappa shape index (κ1) is 28.6.